The minimum atomic E-state index is 0.0419. The first-order valence-corrected chi connectivity index (χ1v) is 10.9. The molecule has 6 nitrogen and oxygen atoms in total. The van der Waals surface area contributed by atoms with Crippen molar-refractivity contribution in [2.75, 3.05) is 52.4 Å². The first kappa shape index (κ1) is 20.0. The molecular weight excluding hydrogens is 366 g/mol. The van der Waals surface area contributed by atoms with Gasteiger partial charge < -0.3 is 14.5 Å². The van der Waals surface area contributed by atoms with Gasteiger partial charge >= 0.3 is 0 Å². The van der Waals surface area contributed by atoms with Crippen LogP contribution >= 0.6 is 0 Å². The zero-order valence-electron chi connectivity index (χ0n) is 17.1. The molecule has 6 heteroatoms. The number of hydrogen-bond donors (Lipinski definition) is 0. The molecule has 0 radical (unpaired) electrons. The van der Waals surface area contributed by atoms with Gasteiger partial charge in [0.25, 0.3) is 0 Å². The standard InChI is InChI=1S/C23H31N3O3/c27-22(8-6-19-5-7-21-20(17-19)9-16-29-21)26-14-12-24(13-15-26)18-23(28)25-10-3-1-2-4-11-25/h5-8,17H,1-4,9-16,18H2/b8-6+. The number of carbonyl (C=O) groups is 2. The fourth-order valence-corrected chi connectivity index (χ4v) is 4.32. The number of likely N-dealkylation sites (tertiary alicyclic amines) is 1. The second kappa shape index (κ2) is 9.44. The van der Waals surface area contributed by atoms with E-state index in [2.05, 4.69) is 11.0 Å². The van der Waals surface area contributed by atoms with Gasteiger partial charge in [-0.15, -0.1) is 0 Å². The fraction of sp³-hybridized carbons (Fsp3) is 0.565. The Morgan fingerprint density at radius 3 is 2.45 bits per heavy atom. The highest BCUT2D eigenvalue weighted by atomic mass is 16.5. The topological polar surface area (TPSA) is 53.1 Å². The zero-order valence-corrected chi connectivity index (χ0v) is 17.1. The van der Waals surface area contributed by atoms with Crippen LogP contribution < -0.4 is 4.74 Å². The number of carbonyl (C=O) groups excluding carboxylic acids is 2. The van der Waals surface area contributed by atoms with Gasteiger partial charge in [0.15, 0.2) is 0 Å². The van der Waals surface area contributed by atoms with E-state index >= 15 is 0 Å². The summed E-state index contributed by atoms with van der Waals surface area (Å²) in [6, 6.07) is 6.06. The van der Waals surface area contributed by atoms with Crippen LogP contribution in [0.25, 0.3) is 6.08 Å². The lowest BCUT2D eigenvalue weighted by Crippen LogP contribution is -2.51. The minimum absolute atomic E-state index is 0.0419. The summed E-state index contributed by atoms with van der Waals surface area (Å²) in [4.78, 5) is 31.2. The number of hydrogen-bond acceptors (Lipinski definition) is 4. The van der Waals surface area contributed by atoms with Gasteiger partial charge in [-0.2, -0.15) is 0 Å². The minimum Gasteiger partial charge on any atom is -0.493 e. The Kier molecular flexibility index (Phi) is 6.49. The highest BCUT2D eigenvalue weighted by Crippen LogP contribution is 2.26. The molecule has 0 atom stereocenters. The first-order chi connectivity index (χ1) is 14.2. The van der Waals surface area contributed by atoms with Crippen molar-refractivity contribution in [2.45, 2.75) is 32.1 Å². The predicted octanol–water partition coefficient (Wildman–Crippen LogP) is 2.18. The summed E-state index contributed by atoms with van der Waals surface area (Å²) in [6.45, 7) is 5.89. The van der Waals surface area contributed by atoms with Crippen molar-refractivity contribution in [3.05, 3.63) is 35.4 Å². The molecular formula is C23H31N3O3. The maximum absolute atomic E-state index is 12.6. The van der Waals surface area contributed by atoms with Gasteiger partial charge in [0.1, 0.15) is 5.75 Å². The third-order valence-corrected chi connectivity index (χ3v) is 6.13. The van der Waals surface area contributed by atoms with Crippen molar-refractivity contribution in [3.8, 4) is 5.75 Å². The monoisotopic (exact) mass is 397 g/mol. The third-order valence-electron chi connectivity index (χ3n) is 6.13. The first-order valence-electron chi connectivity index (χ1n) is 10.9. The fourth-order valence-electron chi connectivity index (χ4n) is 4.32. The summed E-state index contributed by atoms with van der Waals surface area (Å²) in [5, 5.41) is 0. The van der Waals surface area contributed by atoms with E-state index < -0.39 is 0 Å². The van der Waals surface area contributed by atoms with Crippen molar-refractivity contribution in [3.63, 3.8) is 0 Å². The average Bonchev–Trinajstić information content (AvgIpc) is 3.03. The molecule has 3 aliphatic heterocycles. The maximum Gasteiger partial charge on any atom is 0.246 e. The Labute approximate surface area is 173 Å². The van der Waals surface area contributed by atoms with Crippen LogP contribution in [-0.4, -0.2) is 78.9 Å². The molecule has 0 bridgehead atoms. The van der Waals surface area contributed by atoms with Gasteiger partial charge in [0.2, 0.25) is 11.8 Å². The van der Waals surface area contributed by atoms with Crippen LogP contribution in [0.15, 0.2) is 24.3 Å². The Hall–Kier alpha value is -2.34. The molecule has 3 aliphatic rings. The van der Waals surface area contributed by atoms with Gasteiger partial charge in [-0.25, -0.2) is 0 Å². The molecule has 3 heterocycles. The van der Waals surface area contributed by atoms with Crippen LogP contribution in [0, 0.1) is 0 Å². The number of benzene rings is 1. The molecule has 1 aromatic carbocycles. The molecule has 4 rings (SSSR count). The third kappa shape index (κ3) is 5.18. The molecule has 156 valence electrons. The zero-order chi connectivity index (χ0) is 20.1. The van der Waals surface area contributed by atoms with Crippen molar-refractivity contribution in [2.24, 2.45) is 0 Å². The molecule has 0 aromatic heterocycles. The number of fused-ring (bicyclic) bond motifs is 1. The van der Waals surface area contributed by atoms with Crippen LogP contribution in [-0.2, 0) is 16.0 Å². The van der Waals surface area contributed by atoms with Crippen LogP contribution in [0.5, 0.6) is 5.75 Å². The van der Waals surface area contributed by atoms with Gasteiger partial charge in [0.05, 0.1) is 13.2 Å². The normalized spacial score (nSPS) is 20.4. The second-order valence-electron chi connectivity index (χ2n) is 8.20. The summed E-state index contributed by atoms with van der Waals surface area (Å²) in [5.41, 5.74) is 2.24. The molecule has 0 unspecified atom stereocenters. The number of nitrogens with zero attached hydrogens (tertiary/aromatic N) is 3. The lowest BCUT2D eigenvalue weighted by molar-refractivity contribution is -0.133. The summed E-state index contributed by atoms with van der Waals surface area (Å²) in [7, 11) is 0. The number of rotatable bonds is 4. The van der Waals surface area contributed by atoms with E-state index in [1.54, 1.807) is 6.08 Å². The molecule has 0 spiro atoms. The highest BCUT2D eigenvalue weighted by Gasteiger charge is 2.23. The molecule has 2 fully saturated rings. The predicted molar refractivity (Wildman–Crippen MR) is 113 cm³/mol. The van der Waals surface area contributed by atoms with E-state index in [1.807, 2.05) is 28.0 Å². The molecule has 0 saturated carbocycles. The number of ether oxygens (including phenoxy) is 1. The van der Waals surface area contributed by atoms with E-state index in [9.17, 15) is 9.59 Å². The van der Waals surface area contributed by atoms with E-state index in [4.69, 9.17) is 4.74 Å². The number of piperazine rings is 1. The molecule has 1 aromatic rings. The van der Waals surface area contributed by atoms with Crippen LogP contribution in [0.2, 0.25) is 0 Å². The van der Waals surface area contributed by atoms with Gasteiger partial charge in [-0.05, 0) is 42.2 Å². The largest absolute Gasteiger partial charge is 0.493 e. The lowest BCUT2D eigenvalue weighted by atomic mass is 10.1. The SMILES string of the molecule is O=C(/C=C/c1ccc2c(c1)CCO2)N1CCN(CC(=O)N2CCCCCC2)CC1. The Morgan fingerprint density at radius 2 is 1.69 bits per heavy atom. The smallest absolute Gasteiger partial charge is 0.246 e. The second-order valence-corrected chi connectivity index (χ2v) is 8.20. The Bertz CT molecular complexity index is 761. The quantitative estimate of drug-likeness (QED) is 0.731. The van der Waals surface area contributed by atoms with E-state index in [1.165, 1.54) is 18.4 Å². The van der Waals surface area contributed by atoms with Gasteiger partial charge in [0, 0.05) is 51.8 Å². The number of amides is 2. The molecule has 0 N–H and O–H groups in total. The Morgan fingerprint density at radius 1 is 0.931 bits per heavy atom. The average molecular weight is 398 g/mol. The summed E-state index contributed by atoms with van der Waals surface area (Å²) < 4.78 is 5.53. The summed E-state index contributed by atoms with van der Waals surface area (Å²) in [5.74, 6) is 1.24. The molecule has 0 aliphatic carbocycles. The van der Waals surface area contributed by atoms with E-state index in [0.29, 0.717) is 19.6 Å². The molecule has 29 heavy (non-hydrogen) atoms. The van der Waals surface area contributed by atoms with Crippen LogP contribution in [0.4, 0.5) is 0 Å². The highest BCUT2D eigenvalue weighted by molar-refractivity contribution is 5.92. The van der Waals surface area contributed by atoms with E-state index in [0.717, 1.165) is 63.4 Å². The van der Waals surface area contributed by atoms with Crippen molar-refractivity contribution in [1.29, 1.82) is 0 Å². The summed E-state index contributed by atoms with van der Waals surface area (Å²) in [6.07, 6.45) is 9.19. The van der Waals surface area contributed by atoms with Crippen LogP contribution in [0.1, 0.15) is 36.8 Å². The maximum atomic E-state index is 12.6. The van der Waals surface area contributed by atoms with Gasteiger partial charge in [-0.3, -0.25) is 14.5 Å². The molecule has 2 saturated heterocycles. The molecule has 2 amide bonds. The van der Waals surface area contributed by atoms with Gasteiger partial charge in [-0.1, -0.05) is 18.9 Å². The lowest BCUT2D eigenvalue weighted by Gasteiger charge is -2.34. The Balaban J connectivity index is 1.23. The van der Waals surface area contributed by atoms with Crippen molar-refractivity contribution >= 4 is 17.9 Å². The summed E-state index contributed by atoms with van der Waals surface area (Å²) >= 11 is 0. The van der Waals surface area contributed by atoms with Crippen LogP contribution in [0.3, 0.4) is 0 Å². The van der Waals surface area contributed by atoms with E-state index in [-0.39, 0.29) is 11.8 Å². The van der Waals surface area contributed by atoms with Crippen molar-refractivity contribution in [1.82, 2.24) is 14.7 Å². The van der Waals surface area contributed by atoms with Crippen molar-refractivity contribution < 1.29 is 14.3 Å².